The molecule has 0 spiro atoms. The number of aryl methyl sites for hydroxylation is 1. The van der Waals surface area contributed by atoms with Crippen molar-refractivity contribution in [3.05, 3.63) is 59.7 Å². The summed E-state index contributed by atoms with van der Waals surface area (Å²) >= 11 is 0. The number of carbonyl (C=O) groups excluding carboxylic acids is 2. The smallest absolute Gasteiger partial charge is 0.256 e. The van der Waals surface area contributed by atoms with Gasteiger partial charge in [0.1, 0.15) is 6.61 Å². The van der Waals surface area contributed by atoms with Crippen LogP contribution in [0.2, 0.25) is 0 Å². The van der Waals surface area contributed by atoms with Crippen LogP contribution in [0, 0.1) is 6.92 Å². The van der Waals surface area contributed by atoms with Crippen molar-refractivity contribution in [3.8, 4) is 11.1 Å². The van der Waals surface area contributed by atoms with Gasteiger partial charge in [-0.2, -0.15) is 0 Å². The van der Waals surface area contributed by atoms with Crippen LogP contribution in [0.4, 0.5) is 0 Å². The second-order valence-electron chi connectivity index (χ2n) is 8.03. The highest BCUT2D eigenvalue weighted by molar-refractivity contribution is 5.87. The Morgan fingerprint density at radius 3 is 2.53 bits per heavy atom. The Morgan fingerprint density at radius 2 is 1.87 bits per heavy atom. The van der Waals surface area contributed by atoms with Gasteiger partial charge in [-0.15, -0.1) is 0 Å². The van der Waals surface area contributed by atoms with E-state index in [-0.39, 0.29) is 25.0 Å². The zero-order valence-corrected chi connectivity index (χ0v) is 18.2. The predicted molar refractivity (Wildman–Crippen MR) is 116 cm³/mol. The van der Waals surface area contributed by atoms with Crippen LogP contribution >= 0.6 is 0 Å². The highest BCUT2D eigenvalue weighted by Crippen LogP contribution is 2.28. The number of hydrogen-bond acceptors (Lipinski definition) is 4. The number of rotatable bonds is 6. The first kappa shape index (κ1) is 22.0. The van der Waals surface area contributed by atoms with Gasteiger partial charge in [0.05, 0.1) is 13.2 Å². The summed E-state index contributed by atoms with van der Waals surface area (Å²) in [5, 5.41) is 0. The van der Waals surface area contributed by atoms with E-state index in [0.29, 0.717) is 19.6 Å². The van der Waals surface area contributed by atoms with E-state index in [9.17, 15) is 9.59 Å². The zero-order chi connectivity index (χ0) is 21.7. The number of amides is 2. The Balaban J connectivity index is 1.90. The van der Waals surface area contributed by atoms with Gasteiger partial charge < -0.3 is 19.3 Å². The van der Waals surface area contributed by atoms with Gasteiger partial charge in [0, 0.05) is 34.2 Å². The number of morpholine rings is 1. The van der Waals surface area contributed by atoms with E-state index in [1.165, 1.54) is 17.6 Å². The first-order chi connectivity index (χ1) is 14.3. The van der Waals surface area contributed by atoms with Gasteiger partial charge in [-0.1, -0.05) is 54.1 Å². The molecule has 0 aromatic heterocycles. The number of hydrogen-bond donors (Lipinski definition) is 0. The van der Waals surface area contributed by atoms with Crippen LogP contribution in [-0.4, -0.2) is 74.7 Å². The molecular formula is C24H30N2O4. The third kappa shape index (κ3) is 4.89. The van der Waals surface area contributed by atoms with Crippen LogP contribution in [-0.2, 0) is 25.5 Å². The number of likely N-dealkylation sites (N-methyl/N-ethyl adjacent to an activating group) is 1. The lowest BCUT2D eigenvalue weighted by atomic mass is 9.89. The molecule has 1 atom stereocenters. The predicted octanol–water partition coefficient (Wildman–Crippen LogP) is 2.54. The summed E-state index contributed by atoms with van der Waals surface area (Å²) in [6.07, 6.45) is 0.389. The summed E-state index contributed by atoms with van der Waals surface area (Å²) in [6, 6.07) is 16.5. The van der Waals surface area contributed by atoms with Crippen molar-refractivity contribution in [1.29, 1.82) is 0 Å². The van der Waals surface area contributed by atoms with Crippen LogP contribution in [0.1, 0.15) is 11.1 Å². The van der Waals surface area contributed by atoms with Gasteiger partial charge in [0.2, 0.25) is 5.91 Å². The fourth-order valence-corrected chi connectivity index (χ4v) is 3.87. The maximum atomic E-state index is 13.2. The van der Waals surface area contributed by atoms with Gasteiger partial charge >= 0.3 is 0 Å². The quantitative estimate of drug-likeness (QED) is 0.734. The minimum atomic E-state index is -1.11. The molecule has 3 rings (SSSR count). The summed E-state index contributed by atoms with van der Waals surface area (Å²) in [7, 11) is 4.92. The van der Waals surface area contributed by atoms with Crippen LogP contribution in [0.25, 0.3) is 11.1 Å². The van der Waals surface area contributed by atoms with Crippen LogP contribution < -0.4 is 0 Å². The van der Waals surface area contributed by atoms with Gasteiger partial charge in [0.15, 0.2) is 5.60 Å². The zero-order valence-electron chi connectivity index (χ0n) is 18.2. The Hall–Kier alpha value is -2.70. The average molecular weight is 411 g/mol. The minimum absolute atomic E-state index is 0.00482. The molecule has 160 valence electrons. The van der Waals surface area contributed by atoms with E-state index in [0.717, 1.165) is 16.7 Å². The Morgan fingerprint density at radius 1 is 1.13 bits per heavy atom. The third-order valence-corrected chi connectivity index (χ3v) is 5.40. The molecule has 6 heteroatoms. The summed E-state index contributed by atoms with van der Waals surface area (Å²) in [5.41, 5.74) is 3.29. The van der Waals surface area contributed by atoms with Gasteiger partial charge in [-0.05, 0) is 23.6 Å². The van der Waals surface area contributed by atoms with Crippen molar-refractivity contribution >= 4 is 11.8 Å². The molecular weight excluding hydrogens is 380 g/mol. The summed E-state index contributed by atoms with van der Waals surface area (Å²) in [6.45, 7) is 3.03. The number of methoxy groups -OCH3 is 1. The summed E-state index contributed by atoms with van der Waals surface area (Å²) in [5.74, 6) is -0.275. The van der Waals surface area contributed by atoms with E-state index in [1.54, 1.807) is 19.0 Å². The molecule has 0 aliphatic carbocycles. The molecule has 0 N–H and O–H groups in total. The molecule has 2 aromatic carbocycles. The highest BCUT2D eigenvalue weighted by Gasteiger charge is 2.45. The molecule has 1 aliphatic rings. The van der Waals surface area contributed by atoms with E-state index < -0.39 is 5.60 Å². The summed E-state index contributed by atoms with van der Waals surface area (Å²) in [4.78, 5) is 28.8. The molecule has 2 aromatic rings. The van der Waals surface area contributed by atoms with E-state index >= 15 is 0 Å². The number of carbonyl (C=O) groups is 2. The van der Waals surface area contributed by atoms with Gasteiger partial charge in [-0.25, -0.2) is 0 Å². The van der Waals surface area contributed by atoms with Crippen molar-refractivity contribution < 1.29 is 19.1 Å². The van der Waals surface area contributed by atoms with E-state index in [2.05, 4.69) is 43.3 Å². The molecule has 1 heterocycles. The molecule has 1 aliphatic heterocycles. The van der Waals surface area contributed by atoms with Crippen LogP contribution in [0.15, 0.2) is 48.5 Å². The topological polar surface area (TPSA) is 59.1 Å². The highest BCUT2D eigenvalue weighted by atomic mass is 16.5. The lowest BCUT2D eigenvalue weighted by Gasteiger charge is -2.42. The largest absolute Gasteiger partial charge is 0.375 e. The van der Waals surface area contributed by atoms with Crippen molar-refractivity contribution in [1.82, 2.24) is 9.80 Å². The van der Waals surface area contributed by atoms with Crippen molar-refractivity contribution in [3.63, 3.8) is 0 Å². The van der Waals surface area contributed by atoms with Crippen molar-refractivity contribution in [2.24, 2.45) is 0 Å². The van der Waals surface area contributed by atoms with Gasteiger partial charge in [0.25, 0.3) is 5.91 Å². The molecule has 30 heavy (non-hydrogen) atoms. The minimum Gasteiger partial charge on any atom is -0.375 e. The number of nitrogens with zero attached hydrogens (tertiary/aromatic N) is 2. The van der Waals surface area contributed by atoms with Crippen LogP contribution in [0.5, 0.6) is 0 Å². The molecule has 1 saturated heterocycles. The third-order valence-electron chi connectivity index (χ3n) is 5.40. The monoisotopic (exact) mass is 410 g/mol. The molecule has 6 nitrogen and oxygen atoms in total. The fourth-order valence-electron chi connectivity index (χ4n) is 3.87. The maximum absolute atomic E-state index is 13.2. The fraction of sp³-hybridized carbons (Fsp3) is 0.417. The Kier molecular flexibility index (Phi) is 6.90. The summed E-state index contributed by atoms with van der Waals surface area (Å²) < 4.78 is 11.1. The molecule has 0 bridgehead atoms. The van der Waals surface area contributed by atoms with Crippen molar-refractivity contribution in [2.45, 2.75) is 18.9 Å². The Labute approximate surface area is 178 Å². The van der Waals surface area contributed by atoms with Gasteiger partial charge in [-0.3, -0.25) is 9.59 Å². The molecule has 0 radical (unpaired) electrons. The van der Waals surface area contributed by atoms with E-state index in [4.69, 9.17) is 9.47 Å². The van der Waals surface area contributed by atoms with Crippen molar-refractivity contribution in [2.75, 3.05) is 47.5 Å². The number of benzene rings is 2. The lowest BCUT2D eigenvalue weighted by molar-refractivity contribution is -0.173. The standard InChI is InChI=1S/C24H30N2O4/c1-18-8-10-20(11-9-18)21-7-5-6-19(14-21)15-24(23(28)25(2)3)17-26(12-13-30-24)22(27)16-29-4/h5-11,14H,12-13,15-17H2,1-4H3. The average Bonchev–Trinajstić information content (AvgIpc) is 2.74. The SMILES string of the molecule is COCC(=O)N1CCOC(Cc2cccc(-c3ccc(C)cc3)c2)(C(=O)N(C)C)C1. The molecule has 0 saturated carbocycles. The maximum Gasteiger partial charge on any atom is 0.256 e. The van der Waals surface area contributed by atoms with Crippen LogP contribution in [0.3, 0.4) is 0 Å². The second-order valence-corrected chi connectivity index (χ2v) is 8.03. The first-order valence-electron chi connectivity index (χ1n) is 10.1. The van der Waals surface area contributed by atoms with E-state index in [1.807, 2.05) is 12.1 Å². The number of ether oxygens (including phenoxy) is 2. The first-order valence-corrected chi connectivity index (χ1v) is 10.1. The lowest BCUT2D eigenvalue weighted by Crippen LogP contribution is -2.62. The second kappa shape index (κ2) is 9.41. The Bertz CT molecular complexity index is 894. The molecule has 2 amide bonds. The molecule has 1 unspecified atom stereocenters. The molecule has 1 fully saturated rings. The normalized spacial score (nSPS) is 18.9.